The van der Waals surface area contributed by atoms with Gasteiger partial charge in [0.05, 0.1) is 5.56 Å². The Kier molecular flexibility index (Phi) is 7.11. The van der Waals surface area contributed by atoms with Gasteiger partial charge in [-0.2, -0.15) is 26.3 Å². The minimum Gasteiger partial charge on any atom is -0.355 e. The first-order chi connectivity index (χ1) is 12.7. The Morgan fingerprint density at radius 1 is 0.643 bits per heavy atom. The van der Waals surface area contributed by atoms with Crippen LogP contribution in [-0.4, -0.2) is 43.5 Å². The summed E-state index contributed by atoms with van der Waals surface area (Å²) in [5, 5.41) is 0. The van der Waals surface area contributed by atoms with Crippen LogP contribution in [0, 0.1) is 11.6 Å². The van der Waals surface area contributed by atoms with E-state index in [-0.39, 0.29) is 26.2 Å². The number of anilines is 2. The first-order valence-corrected chi connectivity index (χ1v) is 8.44. The summed E-state index contributed by atoms with van der Waals surface area (Å²) in [6.07, 6.45) is -13.3. The van der Waals surface area contributed by atoms with E-state index in [1.807, 2.05) is 0 Å². The van der Waals surface area contributed by atoms with Crippen LogP contribution in [0.2, 0.25) is 0 Å². The van der Waals surface area contributed by atoms with Crippen LogP contribution in [0.3, 0.4) is 0 Å². The number of nitrogens with zero attached hydrogens (tertiary/aromatic N) is 3. The molecule has 1 aromatic heterocycles. The molecule has 1 aromatic rings. The van der Waals surface area contributed by atoms with E-state index in [0.717, 1.165) is 9.80 Å². The standard InChI is InChI=1S/C16H20F9N3/c1-5-27(6-2)12-10(17)9(11(18)13(26-12)28(7-3)8-4)14(19,15(20,21)22)16(23,24)25/h5-8H2,1-4H3. The zero-order valence-corrected chi connectivity index (χ0v) is 15.6. The highest BCUT2D eigenvalue weighted by Gasteiger charge is 2.75. The number of aromatic nitrogens is 1. The predicted octanol–water partition coefficient (Wildman–Crippen LogP) is 5.34. The minimum atomic E-state index is -6.66. The maximum Gasteiger partial charge on any atom is 0.436 e. The van der Waals surface area contributed by atoms with Crippen molar-refractivity contribution in [2.75, 3.05) is 36.0 Å². The smallest absolute Gasteiger partial charge is 0.355 e. The molecular formula is C16H20F9N3. The Bertz CT molecular complexity index is 627. The fraction of sp³-hybridized carbons (Fsp3) is 0.688. The van der Waals surface area contributed by atoms with Gasteiger partial charge in [0.1, 0.15) is 0 Å². The summed E-state index contributed by atoms with van der Waals surface area (Å²) < 4.78 is 123. The maximum absolute atomic E-state index is 14.8. The summed E-state index contributed by atoms with van der Waals surface area (Å²) in [5.74, 6) is -6.65. The van der Waals surface area contributed by atoms with E-state index in [1.54, 1.807) is 0 Å². The molecule has 0 unspecified atom stereocenters. The number of pyridine rings is 1. The van der Waals surface area contributed by atoms with Crippen LogP contribution in [0.4, 0.5) is 51.1 Å². The number of halogens is 9. The van der Waals surface area contributed by atoms with Gasteiger partial charge in [-0.25, -0.2) is 18.2 Å². The van der Waals surface area contributed by atoms with Gasteiger partial charge in [-0.1, -0.05) is 0 Å². The van der Waals surface area contributed by atoms with Gasteiger partial charge in [0.2, 0.25) is 0 Å². The van der Waals surface area contributed by atoms with E-state index in [9.17, 15) is 39.5 Å². The molecule has 0 aliphatic carbocycles. The van der Waals surface area contributed by atoms with Gasteiger partial charge in [0.15, 0.2) is 23.3 Å². The number of rotatable bonds is 7. The van der Waals surface area contributed by atoms with Crippen LogP contribution in [0.1, 0.15) is 33.3 Å². The summed E-state index contributed by atoms with van der Waals surface area (Å²) in [6.45, 7) is 5.45. The molecule has 0 aliphatic rings. The molecule has 3 nitrogen and oxygen atoms in total. The molecule has 0 bridgehead atoms. The van der Waals surface area contributed by atoms with Gasteiger partial charge in [0, 0.05) is 26.2 Å². The molecule has 162 valence electrons. The Hall–Kier alpha value is -1.88. The Balaban J connectivity index is 4.11. The third kappa shape index (κ3) is 3.82. The first-order valence-electron chi connectivity index (χ1n) is 8.44. The molecule has 12 heteroatoms. The monoisotopic (exact) mass is 425 g/mol. The highest BCUT2D eigenvalue weighted by Crippen LogP contribution is 2.55. The number of hydrogen-bond acceptors (Lipinski definition) is 3. The molecular weight excluding hydrogens is 405 g/mol. The summed E-state index contributed by atoms with van der Waals surface area (Å²) in [5.41, 5.74) is -9.01. The molecule has 0 spiro atoms. The molecule has 0 N–H and O–H groups in total. The molecule has 0 saturated carbocycles. The van der Waals surface area contributed by atoms with Gasteiger partial charge in [-0.05, 0) is 27.7 Å². The van der Waals surface area contributed by atoms with Crippen LogP contribution in [0.15, 0.2) is 0 Å². The summed E-state index contributed by atoms with van der Waals surface area (Å²) in [6, 6.07) is 0. The SMILES string of the molecule is CCN(CC)c1nc(N(CC)CC)c(F)c(C(F)(C(F)(F)F)C(F)(F)F)c1F. The van der Waals surface area contributed by atoms with Gasteiger partial charge < -0.3 is 9.80 Å². The van der Waals surface area contributed by atoms with Crippen molar-refractivity contribution in [3.63, 3.8) is 0 Å². The third-order valence-electron chi connectivity index (χ3n) is 4.30. The van der Waals surface area contributed by atoms with Crippen molar-refractivity contribution in [1.82, 2.24) is 4.98 Å². The average molecular weight is 425 g/mol. The first kappa shape index (κ1) is 24.2. The van der Waals surface area contributed by atoms with Crippen LogP contribution >= 0.6 is 0 Å². The van der Waals surface area contributed by atoms with Crippen molar-refractivity contribution in [3.05, 3.63) is 17.2 Å². The Labute approximate surface area is 156 Å². The molecule has 28 heavy (non-hydrogen) atoms. The van der Waals surface area contributed by atoms with Crippen molar-refractivity contribution in [2.24, 2.45) is 0 Å². The van der Waals surface area contributed by atoms with Gasteiger partial charge >= 0.3 is 18.0 Å². The van der Waals surface area contributed by atoms with Crippen LogP contribution in [-0.2, 0) is 5.67 Å². The molecule has 0 atom stereocenters. The molecule has 0 saturated heterocycles. The highest BCUT2D eigenvalue weighted by atomic mass is 19.4. The quantitative estimate of drug-likeness (QED) is 0.550. The zero-order valence-electron chi connectivity index (χ0n) is 15.6. The van der Waals surface area contributed by atoms with Crippen molar-refractivity contribution >= 4 is 11.6 Å². The van der Waals surface area contributed by atoms with Gasteiger partial charge in [-0.3, -0.25) is 0 Å². The number of hydrogen-bond donors (Lipinski definition) is 0. The molecule has 0 amide bonds. The van der Waals surface area contributed by atoms with E-state index >= 15 is 0 Å². The van der Waals surface area contributed by atoms with E-state index in [2.05, 4.69) is 4.98 Å². The largest absolute Gasteiger partial charge is 0.436 e. The van der Waals surface area contributed by atoms with E-state index < -0.39 is 46.9 Å². The lowest BCUT2D eigenvalue weighted by molar-refractivity contribution is -0.350. The van der Waals surface area contributed by atoms with Crippen molar-refractivity contribution in [3.8, 4) is 0 Å². The van der Waals surface area contributed by atoms with E-state index in [4.69, 9.17) is 0 Å². The molecule has 1 rings (SSSR count). The second-order valence-electron chi connectivity index (χ2n) is 5.76. The molecule has 1 heterocycles. The van der Waals surface area contributed by atoms with E-state index in [0.29, 0.717) is 0 Å². The lowest BCUT2D eigenvalue weighted by Gasteiger charge is -2.33. The average Bonchev–Trinajstić information content (AvgIpc) is 2.58. The molecule has 0 fully saturated rings. The summed E-state index contributed by atoms with van der Waals surface area (Å²) >= 11 is 0. The minimum absolute atomic E-state index is 0.0689. The molecule has 0 aromatic carbocycles. The lowest BCUT2D eigenvalue weighted by atomic mass is 9.93. The maximum atomic E-state index is 14.8. The number of alkyl halides is 7. The molecule has 0 aliphatic heterocycles. The second-order valence-corrected chi connectivity index (χ2v) is 5.76. The summed E-state index contributed by atoms with van der Waals surface area (Å²) in [4.78, 5) is 5.54. The molecule has 0 radical (unpaired) electrons. The fourth-order valence-electron chi connectivity index (χ4n) is 2.73. The van der Waals surface area contributed by atoms with Crippen LogP contribution < -0.4 is 9.80 Å². The normalized spacial score (nSPS) is 13.0. The zero-order chi connectivity index (χ0) is 22.1. The van der Waals surface area contributed by atoms with Crippen molar-refractivity contribution in [1.29, 1.82) is 0 Å². The Morgan fingerprint density at radius 3 is 1.14 bits per heavy atom. The van der Waals surface area contributed by atoms with Crippen molar-refractivity contribution in [2.45, 2.75) is 45.7 Å². The highest BCUT2D eigenvalue weighted by molar-refractivity contribution is 5.56. The van der Waals surface area contributed by atoms with Crippen LogP contribution in [0.5, 0.6) is 0 Å². The lowest BCUT2D eigenvalue weighted by Crippen LogP contribution is -2.52. The third-order valence-corrected chi connectivity index (χ3v) is 4.30. The summed E-state index contributed by atoms with van der Waals surface area (Å²) in [7, 11) is 0. The Morgan fingerprint density at radius 2 is 0.929 bits per heavy atom. The van der Waals surface area contributed by atoms with Crippen LogP contribution in [0.25, 0.3) is 0 Å². The topological polar surface area (TPSA) is 19.4 Å². The van der Waals surface area contributed by atoms with Crippen molar-refractivity contribution < 1.29 is 39.5 Å². The predicted molar refractivity (Wildman–Crippen MR) is 86.2 cm³/mol. The second kappa shape index (κ2) is 8.24. The van der Waals surface area contributed by atoms with E-state index in [1.165, 1.54) is 27.7 Å². The van der Waals surface area contributed by atoms with Gasteiger partial charge in [-0.15, -0.1) is 0 Å². The van der Waals surface area contributed by atoms with Gasteiger partial charge in [0.25, 0.3) is 0 Å². The fourth-order valence-corrected chi connectivity index (χ4v) is 2.73.